The second-order valence-electron chi connectivity index (χ2n) is 3.42. The van der Waals surface area contributed by atoms with Crippen molar-refractivity contribution in [3.63, 3.8) is 0 Å². The molecule has 0 saturated carbocycles. The Balaban J connectivity index is 2.65. The van der Waals surface area contributed by atoms with E-state index in [2.05, 4.69) is 5.10 Å². The fourth-order valence-corrected chi connectivity index (χ4v) is 2.26. The van der Waals surface area contributed by atoms with Crippen LogP contribution in [0.5, 0.6) is 0 Å². The highest BCUT2D eigenvalue weighted by atomic mass is 35.5. The zero-order chi connectivity index (χ0) is 12.6. The first-order chi connectivity index (χ1) is 8.04. The molecular weight excluding hydrogens is 282 g/mol. The van der Waals surface area contributed by atoms with Crippen molar-refractivity contribution < 1.29 is 4.79 Å². The minimum absolute atomic E-state index is 0.238. The zero-order valence-corrected chi connectivity index (χ0v) is 11.0. The van der Waals surface area contributed by atoms with Gasteiger partial charge in [0.1, 0.15) is 5.15 Å². The molecule has 0 radical (unpaired) electrons. The molecule has 17 heavy (non-hydrogen) atoms. The monoisotopic (exact) mass is 288 g/mol. The molecule has 0 aliphatic rings. The molecule has 0 N–H and O–H groups in total. The predicted molar refractivity (Wildman–Crippen MR) is 68.7 cm³/mol. The average molecular weight is 290 g/mol. The number of nitrogens with zero attached hydrogens (tertiary/aromatic N) is 2. The van der Waals surface area contributed by atoms with Crippen LogP contribution < -0.4 is 0 Å². The first kappa shape index (κ1) is 12.4. The van der Waals surface area contributed by atoms with E-state index < -0.39 is 0 Å². The molecule has 88 valence electrons. The molecule has 1 aromatic carbocycles. The van der Waals surface area contributed by atoms with Crippen LogP contribution in [-0.2, 0) is 0 Å². The number of halogens is 3. The van der Waals surface area contributed by atoms with Crippen LogP contribution >= 0.6 is 34.8 Å². The fraction of sp³-hybridized carbons (Fsp3) is 0.0909. The van der Waals surface area contributed by atoms with Gasteiger partial charge in [-0.05, 0) is 25.1 Å². The molecule has 1 heterocycles. The molecule has 0 saturated heterocycles. The van der Waals surface area contributed by atoms with Gasteiger partial charge in [-0.15, -0.1) is 0 Å². The average Bonchev–Trinajstić information content (AvgIpc) is 2.54. The number of aromatic nitrogens is 2. The summed E-state index contributed by atoms with van der Waals surface area (Å²) in [5, 5.41) is 5.34. The summed E-state index contributed by atoms with van der Waals surface area (Å²) in [6.07, 6.45) is 0.672. The number of rotatable bonds is 2. The summed E-state index contributed by atoms with van der Waals surface area (Å²) in [5.74, 6) is 0. The Hall–Kier alpha value is -1.03. The van der Waals surface area contributed by atoms with Gasteiger partial charge >= 0.3 is 0 Å². The highest BCUT2D eigenvalue weighted by Crippen LogP contribution is 2.28. The molecular formula is C11H7Cl3N2O. The number of carbonyl (C=O) groups is 1. The highest BCUT2D eigenvalue weighted by Gasteiger charge is 2.15. The van der Waals surface area contributed by atoms with E-state index in [1.165, 1.54) is 4.68 Å². The third-order valence-corrected chi connectivity index (χ3v) is 3.21. The van der Waals surface area contributed by atoms with E-state index in [0.29, 0.717) is 33.3 Å². The van der Waals surface area contributed by atoms with Crippen LogP contribution in [0.1, 0.15) is 16.1 Å². The van der Waals surface area contributed by atoms with Gasteiger partial charge in [-0.1, -0.05) is 34.8 Å². The quantitative estimate of drug-likeness (QED) is 0.785. The molecule has 0 unspecified atom stereocenters. The Kier molecular flexibility index (Phi) is 3.43. The number of aldehydes is 1. The van der Waals surface area contributed by atoms with Gasteiger partial charge in [0.15, 0.2) is 6.29 Å². The Labute approximate surface area is 113 Å². The van der Waals surface area contributed by atoms with Crippen LogP contribution in [0.15, 0.2) is 18.2 Å². The lowest BCUT2D eigenvalue weighted by atomic mass is 10.3. The van der Waals surface area contributed by atoms with E-state index in [1.807, 2.05) is 0 Å². The molecule has 6 heteroatoms. The van der Waals surface area contributed by atoms with Gasteiger partial charge in [-0.2, -0.15) is 5.10 Å². The smallest absolute Gasteiger partial charge is 0.155 e. The normalized spacial score (nSPS) is 10.6. The van der Waals surface area contributed by atoms with Crippen molar-refractivity contribution in [3.8, 4) is 5.69 Å². The summed E-state index contributed by atoms with van der Waals surface area (Å²) in [6.45, 7) is 1.70. The van der Waals surface area contributed by atoms with Crippen molar-refractivity contribution in [1.29, 1.82) is 0 Å². The Morgan fingerprint density at radius 2 is 2.00 bits per heavy atom. The molecule has 3 nitrogen and oxygen atoms in total. The molecule has 1 aromatic heterocycles. The van der Waals surface area contributed by atoms with Gasteiger partial charge in [-0.25, -0.2) is 4.68 Å². The molecule has 2 aromatic rings. The van der Waals surface area contributed by atoms with Crippen LogP contribution in [0.25, 0.3) is 5.69 Å². The van der Waals surface area contributed by atoms with Gasteiger partial charge in [0.2, 0.25) is 0 Å². The number of hydrogen-bond acceptors (Lipinski definition) is 2. The van der Waals surface area contributed by atoms with Crippen LogP contribution in [0, 0.1) is 6.92 Å². The summed E-state index contributed by atoms with van der Waals surface area (Å²) >= 11 is 17.9. The third kappa shape index (κ3) is 2.18. The minimum atomic E-state index is 0.238. The Morgan fingerprint density at radius 1 is 1.29 bits per heavy atom. The third-order valence-electron chi connectivity index (χ3n) is 2.30. The Morgan fingerprint density at radius 3 is 2.53 bits per heavy atom. The summed E-state index contributed by atoms with van der Waals surface area (Å²) in [7, 11) is 0. The van der Waals surface area contributed by atoms with E-state index in [1.54, 1.807) is 25.1 Å². The number of carbonyl (C=O) groups excluding carboxylic acids is 1. The first-order valence-corrected chi connectivity index (χ1v) is 5.83. The second-order valence-corrected chi connectivity index (χ2v) is 4.62. The van der Waals surface area contributed by atoms with Gasteiger partial charge in [0, 0.05) is 5.02 Å². The maximum absolute atomic E-state index is 10.8. The van der Waals surface area contributed by atoms with Crippen LogP contribution in [0.2, 0.25) is 15.2 Å². The molecule has 2 rings (SSSR count). The van der Waals surface area contributed by atoms with Crippen LogP contribution in [0.3, 0.4) is 0 Å². The standard InChI is InChI=1S/C11H7Cl3N2O/c1-6-8(5-17)11(14)16(15-6)10-3-2-7(12)4-9(10)13/h2-5H,1H3. The summed E-state index contributed by atoms with van der Waals surface area (Å²) in [5.41, 5.74) is 1.49. The maximum Gasteiger partial charge on any atom is 0.155 e. The maximum atomic E-state index is 10.8. The summed E-state index contributed by atoms with van der Waals surface area (Å²) in [4.78, 5) is 10.8. The molecule has 0 aliphatic heterocycles. The summed E-state index contributed by atoms with van der Waals surface area (Å²) < 4.78 is 1.42. The lowest BCUT2D eigenvalue weighted by Gasteiger charge is -2.05. The molecule has 0 aliphatic carbocycles. The molecule has 0 amide bonds. The van der Waals surface area contributed by atoms with Gasteiger partial charge in [-0.3, -0.25) is 4.79 Å². The van der Waals surface area contributed by atoms with Gasteiger partial charge in [0.25, 0.3) is 0 Å². The van der Waals surface area contributed by atoms with E-state index >= 15 is 0 Å². The molecule has 0 fully saturated rings. The van der Waals surface area contributed by atoms with Crippen LogP contribution in [-0.4, -0.2) is 16.1 Å². The minimum Gasteiger partial charge on any atom is -0.298 e. The number of hydrogen-bond donors (Lipinski definition) is 0. The van der Waals surface area contributed by atoms with Crippen molar-refractivity contribution in [3.05, 3.63) is 44.7 Å². The number of benzene rings is 1. The Bertz CT molecular complexity index is 593. The van der Waals surface area contributed by atoms with Crippen molar-refractivity contribution in [2.45, 2.75) is 6.92 Å². The molecule has 0 atom stereocenters. The van der Waals surface area contributed by atoms with Gasteiger partial charge < -0.3 is 0 Å². The van der Waals surface area contributed by atoms with E-state index in [4.69, 9.17) is 34.8 Å². The SMILES string of the molecule is Cc1nn(-c2ccc(Cl)cc2Cl)c(Cl)c1C=O. The van der Waals surface area contributed by atoms with Crippen LogP contribution in [0.4, 0.5) is 0 Å². The molecule has 0 bridgehead atoms. The summed E-state index contributed by atoms with van der Waals surface area (Å²) in [6, 6.07) is 4.96. The topological polar surface area (TPSA) is 34.9 Å². The van der Waals surface area contributed by atoms with Crippen molar-refractivity contribution >= 4 is 41.1 Å². The van der Waals surface area contributed by atoms with Crippen molar-refractivity contribution in [2.75, 3.05) is 0 Å². The predicted octanol–water partition coefficient (Wildman–Crippen LogP) is 3.95. The van der Waals surface area contributed by atoms with E-state index in [0.717, 1.165) is 0 Å². The van der Waals surface area contributed by atoms with Gasteiger partial charge in [0.05, 0.1) is 22.0 Å². The highest BCUT2D eigenvalue weighted by molar-refractivity contribution is 6.36. The largest absolute Gasteiger partial charge is 0.298 e. The van der Waals surface area contributed by atoms with Crippen molar-refractivity contribution in [1.82, 2.24) is 9.78 Å². The fourth-order valence-electron chi connectivity index (χ4n) is 1.46. The molecule has 0 spiro atoms. The first-order valence-electron chi connectivity index (χ1n) is 4.70. The zero-order valence-electron chi connectivity index (χ0n) is 8.75. The van der Waals surface area contributed by atoms with Crippen molar-refractivity contribution in [2.24, 2.45) is 0 Å². The van der Waals surface area contributed by atoms with E-state index in [9.17, 15) is 4.79 Å². The number of aryl methyl sites for hydroxylation is 1. The lowest BCUT2D eigenvalue weighted by Crippen LogP contribution is -1.97. The second kappa shape index (κ2) is 4.69. The lowest BCUT2D eigenvalue weighted by molar-refractivity contribution is 0.112. The van der Waals surface area contributed by atoms with E-state index in [-0.39, 0.29) is 5.15 Å².